The van der Waals surface area contributed by atoms with E-state index in [1.54, 1.807) is 0 Å². The first kappa shape index (κ1) is 17.0. The third kappa shape index (κ3) is 5.44. The van der Waals surface area contributed by atoms with Crippen molar-refractivity contribution in [1.29, 1.82) is 0 Å². The molecule has 0 unspecified atom stereocenters. The zero-order valence-electron chi connectivity index (χ0n) is 12.1. The van der Waals surface area contributed by atoms with Crippen molar-refractivity contribution in [3.8, 4) is 0 Å². The summed E-state index contributed by atoms with van der Waals surface area (Å²) in [5, 5.41) is 0.303. The second-order valence-corrected chi connectivity index (χ2v) is 10.6. The minimum absolute atomic E-state index is 0. The average molecular weight is 242 g/mol. The zero-order chi connectivity index (χ0) is 12.2. The molecule has 0 bridgehead atoms. The van der Waals surface area contributed by atoms with Crippen LogP contribution in [-0.2, 0) is 10.8 Å². The molecule has 1 aromatic rings. The quantitative estimate of drug-likeness (QED) is 0.566. The molecule has 0 aromatic heterocycles. The van der Waals surface area contributed by atoms with E-state index in [0.717, 1.165) is 13.0 Å². The largest absolute Gasteiger partial charge is 1.00 e. The van der Waals surface area contributed by atoms with Gasteiger partial charge in [0.1, 0.15) is 0 Å². The summed E-state index contributed by atoms with van der Waals surface area (Å²) in [5.41, 5.74) is 1.33. The molecule has 0 heterocycles. The van der Waals surface area contributed by atoms with Crippen molar-refractivity contribution in [2.75, 3.05) is 6.61 Å². The molecule has 0 saturated heterocycles. The predicted molar refractivity (Wildman–Crippen MR) is 72.1 cm³/mol. The molecule has 0 aliphatic carbocycles. The number of benzene rings is 1. The Balaban J connectivity index is 0.00000256. The Morgan fingerprint density at radius 1 is 1.18 bits per heavy atom. The molecule has 0 radical (unpaired) electrons. The Hall–Kier alpha value is -0.00571. The van der Waals surface area contributed by atoms with Gasteiger partial charge in [-0.1, -0.05) is 20.8 Å². The van der Waals surface area contributed by atoms with Crippen molar-refractivity contribution >= 4 is 8.32 Å². The van der Waals surface area contributed by atoms with Gasteiger partial charge in [0.25, 0.3) is 0 Å². The van der Waals surface area contributed by atoms with E-state index in [4.69, 9.17) is 4.43 Å². The van der Waals surface area contributed by atoms with Gasteiger partial charge in [0.2, 0.25) is 0 Å². The van der Waals surface area contributed by atoms with Crippen molar-refractivity contribution in [2.45, 2.75) is 45.3 Å². The molecule has 1 rings (SSSR count). The number of hydrogen-bond donors (Lipinski definition) is 0. The summed E-state index contributed by atoms with van der Waals surface area (Å²) in [6.45, 7) is 12.3. The normalized spacial score (nSPS) is 12.1. The van der Waals surface area contributed by atoms with Crippen molar-refractivity contribution in [3.05, 3.63) is 35.9 Å². The summed E-state index contributed by atoms with van der Waals surface area (Å²) in [6.07, 6.45) is 1.00. The molecule has 0 amide bonds. The van der Waals surface area contributed by atoms with Gasteiger partial charge in [-0.05, 0) is 24.6 Å². The molecule has 0 spiro atoms. The van der Waals surface area contributed by atoms with Crippen molar-refractivity contribution in [1.82, 2.24) is 0 Å². The van der Waals surface area contributed by atoms with Gasteiger partial charge in [0.15, 0.2) is 8.32 Å². The van der Waals surface area contributed by atoms with Gasteiger partial charge >= 0.3 is 18.9 Å². The van der Waals surface area contributed by atoms with E-state index >= 15 is 0 Å². The van der Waals surface area contributed by atoms with Gasteiger partial charge in [0, 0.05) is 6.61 Å². The molecule has 0 atom stereocenters. The maximum atomic E-state index is 6.13. The molecule has 1 nitrogen and oxygen atoms in total. The topological polar surface area (TPSA) is 9.23 Å². The summed E-state index contributed by atoms with van der Waals surface area (Å²) in [6, 6.07) is 11.2. The standard InChI is InChI=1S/C14H23OSi.Li/c1-14(2,3)16(4,5)15-12-11-13-9-7-6-8-10-13;/h7-10H,11-12H2,1-5H3;/q-1;+1. The van der Waals surface area contributed by atoms with E-state index in [1.807, 2.05) is 12.1 Å². The first-order valence-corrected chi connectivity index (χ1v) is 8.83. The maximum Gasteiger partial charge on any atom is 1.00 e. The smallest absolute Gasteiger partial charge is 0.417 e. The molecule has 90 valence electrons. The molecular formula is C14H23LiOSi. The van der Waals surface area contributed by atoms with Crippen LogP contribution >= 0.6 is 0 Å². The molecule has 0 fully saturated rings. The van der Waals surface area contributed by atoms with Crippen LogP contribution in [0.15, 0.2) is 24.3 Å². The Labute approximate surface area is 119 Å². The number of hydrogen-bond acceptors (Lipinski definition) is 1. The Kier molecular flexibility index (Phi) is 6.80. The fourth-order valence-corrected chi connectivity index (χ4v) is 2.27. The fraction of sp³-hybridized carbons (Fsp3) is 0.571. The van der Waals surface area contributed by atoms with Gasteiger partial charge in [0.05, 0.1) is 0 Å². The van der Waals surface area contributed by atoms with E-state index in [0.29, 0.717) is 5.04 Å². The molecule has 3 heteroatoms. The third-order valence-corrected chi connectivity index (χ3v) is 7.99. The van der Waals surface area contributed by atoms with Gasteiger partial charge in [-0.15, -0.1) is 0 Å². The third-order valence-electron chi connectivity index (χ3n) is 3.45. The van der Waals surface area contributed by atoms with Crippen LogP contribution < -0.4 is 18.9 Å². The van der Waals surface area contributed by atoms with Crippen LogP contribution in [0.4, 0.5) is 0 Å². The first-order valence-electron chi connectivity index (χ1n) is 5.92. The van der Waals surface area contributed by atoms with Gasteiger partial charge in [-0.3, -0.25) is 0 Å². The second-order valence-electron chi connectivity index (χ2n) is 5.77. The van der Waals surface area contributed by atoms with Crippen LogP contribution in [-0.4, -0.2) is 14.9 Å². The molecule has 0 aliphatic heterocycles. The summed E-state index contributed by atoms with van der Waals surface area (Å²) >= 11 is 0. The summed E-state index contributed by atoms with van der Waals surface area (Å²) in [7, 11) is -1.57. The Morgan fingerprint density at radius 3 is 2.18 bits per heavy atom. The summed E-state index contributed by atoms with van der Waals surface area (Å²) in [4.78, 5) is 0. The maximum absolute atomic E-state index is 6.13. The Morgan fingerprint density at radius 2 is 1.71 bits per heavy atom. The van der Waals surface area contributed by atoms with Crippen molar-refractivity contribution in [2.24, 2.45) is 0 Å². The second kappa shape index (κ2) is 6.80. The molecule has 0 N–H and O–H groups in total. The Bertz CT molecular complexity index is 317. The van der Waals surface area contributed by atoms with Crippen LogP contribution in [0.25, 0.3) is 0 Å². The number of rotatable bonds is 4. The van der Waals surface area contributed by atoms with Gasteiger partial charge < -0.3 is 4.43 Å². The van der Waals surface area contributed by atoms with Crippen LogP contribution in [0.1, 0.15) is 26.3 Å². The fourth-order valence-electron chi connectivity index (χ4n) is 1.23. The van der Waals surface area contributed by atoms with Crippen molar-refractivity contribution in [3.63, 3.8) is 0 Å². The SMILES string of the molecule is CC(C)(C)[Si](C)(C)OCCc1cc[c-]cc1.[Li+]. The van der Waals surface area contributed by atoms with E-state index in [1.165, 1.54) is 5.56 Å². The van der Waals surface area contributed by atoms with E-state index in [-0.39, 0.29) is 18.9 Å². The average Bonchev–Trinajstić information content (AvgIpc) is 2.17. The summed E-state index contributed by atoms with van der Waals surface area (Å²) in [5.74, 6) is 0. The van der Waals surface area contributed by atoms with E-state index in [2.05, 4.69) is 52.1 Å². The van der Waals surface area contributed by atoms with Crippen LogP contribution in [0.3, 0.4) is 0 Å². The molecule has 0 aliphatic rings. The minimum atomic E-state index is -1.57. The van der Waals surface area contributed by atoms with E-state index in [9.17, 15) is 0 Å². The zero-order valence-corrected chi connectivity index (χ0v) is 13.1. The van der Waals surface area contributed by atoms with Gasteiger partial charge in [-0.2, -0.15) is 35.9 Å². The van der Waals surface area contributed by atoms with Crippen LogP contribution in [0.2, 0.25) is 18.1 Å². The monoisotopic (exact) mass is 242 g/mol. The molecular weight excluding hydrogens is 219 g/mol. The predicted octanol–water partition coefficient (Wildman–Crippen LogP) is 1.06. The van der Waals surface area contributed by atoms with Gasteiger partial charge in [-0.25, -0.2) is 0 Å². The first-order chi connectivity index (χ1) is 7.33. The molecule has 1 aromatic carbocycles. The van der Waals surface area contributed by atoms with E-state index < -0.39 is 8.32 Å². The van der Waals surface area contributed by atoms with Crippen LogP contribution in [0, 0.1) is 6.07 Å². The molecule has 17 heavy (non-hydrogen) atoms. The minimum Gasteiger partial charge on any atom is -0.417 e. The van der Waals surface area contributed by atoms with Crippen LogP contribution in [0.5, 0.6) is 0 Å². The van der Waals surface area contributed by atoms with Crippen molar-refractivity contribution < 1.29 is 23.3 Å². The molecule has 0 saturated carbocycles. The summed E-state index contributed by atoms with van der Waals surface area (Å²) < 4.78 is 6.13.